The fourth-order valence-electron chi connectivity index (χ4n) is 2.01. The second-order valence-electron chi connectivity index (χ2n) is 4.93. The summed E-state index contributed by atoms with van der Waals surface area (Å²) in [5.41, 5.74) is 8.99. The summed E-state index contributed by atoms with van der Waals surface area (Å²) in [5, 5.41) is 3.51. The number of anilines is 2. The highest BCUT2D eigenvalue weighted by Gasteiger charge is 2.07. The molecule has 1 aromatic rings. The first kappa shape index (κ1) is 12.9. The Kier molecular flexibility index (Phi) is 4.66. The molecule has 1 rings (SSSR count). The van der Waals surface area contributed by atoms with E-state index in [1.807, 2.05) is 12.1 Å². The molecule has 0 saturated heterocycles. The molecule has 2 nitrogen and oxygen atoms in total. The van der Waals surface area contributed by atoms with Crippen LogP contribution in [-0.2, 0) is 0 Å². The SMILES string of the molecule is CCC(C)CC(C)Nc1cc(C)cc(N)c1. The van der Waals surface area contributed by atoms with E-state index >= 15 is 0 Å². The number of rotatable bonds is 5. The fraction of sp³-hybridized carbons (Fsp3) is 0.571. The Morgan fingerprint density at radius 2 is 1.94 bits per heavy atom. The van der Waals surface area contributed by atoms with Gasteiger partial charge in [-0.2, -0.15) is 0 Å². The molecular formula is C14H24N2. The van der Waals surface area contributed by atoms with Crippen LogP contribution in [0.5, 0.6) is 0 Å². The smallest absolute Gasteiger partial charge is 0.0365 e. The maximum Gasteiger partial charge on any atom is 0.0365 e. The first-order valence-electron chi connectivity index (χ1n) is 6.15. The lowest BCUT2D eigenvalue weighted by molar-refractivity contribution is 0.484. The van der Waals surface area contributed by atoms with Gasteiger partial charge in [-0.15, -0.1) is 0 Å². The summed E-state index contributed by atoms with van der Waals surface area (Å²) in [7, 11) is 0. The van der Waals surface area contributed by atoms with Crippen LogP contribution in [0.25, 0.3) is 0 Å². The Labute approximate surface area is 99.2 Å². The first-order chi connectivity index (χ1) is 7.51. The summed E-state index contributed by atoms with van der Waals surface area (Å²) >= 11 is 0. The predicted molar refractivity (Wildman–Crippen MR) is 72.7 cm³/mol. The highest BCUT2D eigenvalue weighted by molar-refractivity contribution is 5.57. The summed E-state index contributed by atoms with van der Waals surface area (Å²) in [6.07, 6.45) is 2.44. The zero-order chi connectivity index (χ0) is 12.1. The molecule has 0 spiro atoms. The topological polar surface area (TPSA) is 38.0 Å². The van der Waals surface area contributed by atoms with Crippen molar-refractivity contribution in [3.8, 4) is 0 Å². The number of hydrogen-bond donors (Lipinski definition) is 2. The average Bonchev–Trinajstić information content (AvgIpc) is 2.15. The van der Waals surface area contributed by atoms with Crippen molar-refractivity contribution in [3.63, 3.8) is 0 Å². The maximum atomic E-state index is 5.82. The van der Waals surface area contributed by atoms with Crippen LogP contribution in [0.15, 0.2) is 18.2 Å². The third-order valence-electron chi connectivity index (χ3n) is 2.97. The van der Waals surface area contributed by atoms with Crippen LogP contribution >= 0.6 is 0 Å². The molecule has 2 heteroatoms. The van der Waals surface area contributed by atoms with Crippen molar-refractivity contribution in [3.05, 3.63) is 23.8 Å². The lowest BCUT2D eigenvalue weighted by Gasteiger charge is -2.19. The Bertz CT molecular complexity index is 313. The third-order valence-corrected chi connectivity index (χ3v) is 2.97. The molecule has 90 valence electrons. The average molecular weight is 220 g/mol. The largest absolute Gasteiger partial charge is 0.399 e. The Morgan fingerprint density at radius 1 is 1.25 bits per heavy atom. The van der Waals surface area contributed by atoms with Crippen molar-refractivity contribution in [1.82, 2.24) is 0 Å². The Morgan fingerprint density at radius 3 is 2.50 bits per heavy atom. The Balaban J connectivity index is 2.58. The molecule has 0 aliphatic rings. The molecule has 0 aromatic heterocycles. The van der Waals surface area contributed by atoms with Gasteiger partial charge in [0.15, 0.2) is 0 Å². The predicted octanol–water partition coefficient (Wildman–Crippen LogP) is 3.81. The molecule has 0 aliphatic carbocycles. The van der Waals surface area contributed by atoms with Gasteiger partial charge in [-0.05, 0) is 49.9 Å². The van der Waals surface area contributed by atoms with E-state index < -0.39 is 0 Å². The van der Waals surface area contributed by atoms with Gasteiger partial charge < -0.3 is 11.1 Å². The summed E-state index contributed by atoms with van der Waals surface area (Å²) in [5.74, 6) is 0.768. The van der Waals surface area contributed by atoms with Crippen molar-refractivity contribution >= 4 is 11.4 Å². The van der Waals surface area contributed by atoms with E-state index in [2.05, 4.69) is 39.1 Å². The maximum absolute atomic E-state index is 5.82. The number of hydrogen-bond acceptors (Lipinski definition) is 2. The Hall–Kier alpha value is -1.18. The van der Waals surface area contributed by atoms with Gasteiger partial charge >= 0.3 is 0 Å². The van der Waals surface area contributed by atoms with Crippen LogP contribution in [0.1, 0.15) is 39.2 Å². The summed E-state index contributed by atoms with van der Waals surface area (Å²) in [6.45, 7) is 8.83. The zero-order valence-corrected chi connectivity index (χ0v) is 10.9. The van der Waals surface area contributed by atoms with Gasteiger partial charge in [-0.25, -0.2) is 0 Å². The molecule has 0 radical (unpaired) electrons. The van der Waals surface area contributed by atoms with Gasteiger partial charge in [0.05, 0.1) is 0 Å². The van der Waals surface area contributed by atoms with Crippen LogP contribution in [0, 0.1) is 12.8 Å². The molecule has 0 bridgehead atoms. The molecule has 2 unspecified atom stereocenters. The second kappa shape index (κ2) is 5.78. The molecular weight excluding hydrogens is 196 g/mol. The van der Waals surface area contributed by atoms with E-state index in [0.29, 0.717) is 6.04 Å². The van der Waals surface area contributed by atoms with Crippen LogP contribution in [-0.4, -0.2) is 6.04 Å². The number of nitrogens with two attached hydrogens (primary N) is 1. The van der Waals surface area contributed by atoms with Gasteiger partial charge in [0, 0.05) is 17.4 Å². The van der Waals surface area contributed by atoms with E-state index in [9.17, 15) is 0 Å². The normalized spacial score (nSPS) is 14.5. The molecule has 16 heavy (non-hydrogen) atoms. The van der Waals surface area contributed by atoms with E-state index in [4.69, 9.17) is 5.73 Å². The molecule has 2 atom stereocenters. The zero-order valence-electron chi connectivity index (χ0n) is 10.9. The van der Waals surface area contributed by atoms with Gasteiger partial charge in [0.1, 0.15) is 0 Å². The van der Waals surface area contributed by atoms with Crippen LogP contribution in [0.4, 0.5) is 11.4 Å². The third kappa shape index (κ3) is 4.13. The van der Waals surface area contributed by atoms with Crippen LogP contribution in [0.2, 0.25) is 0 Å². The molecule has 0 saturated carbocycles. The number of benzene rings is 1. The van der Waals surface area contributed by atoms with Crippen molar-refractivity contribution in [2.75, 3.05) is 11.1 Å². The summed E-state index contributed by atoms with van der Waals surface area (Å²) < 4.78 is 0. The lowest BCUT2D eigenvalue weighted by Crippen LogP contribution is -2.18. The van der Waals surface area contributed by atoms with Crippen LogP contribution < -0.4 is 11.1 Å². The minimum Gasteiger partial charge on any atom is -0.399 e. The number of aryl methyl sites for hydroxylation is 1. The van der Waals surface area contributed by atoms with Gasteiger partial charge in [0.25, 0.3) is 0 Å². The highest BCUT2D eigenvalue weighted by atomic mass is 14.9. The molecule has 0 aliphatic heterocycles. The van der Waals surface area contributed by atoms with E-state index in [0.717, 1.165) is 17.3 Å². The molecule has 0 fully saturated rings. The van der Waals surface area contributed by atoms with Crippen molar-refractivity contribution in [2.45, 2.75) is 46.6 Å². The highest BCUT2D eigenvalue weighted by Crippen LogP contribution is 2.19. The van der Waals surface area contributed by atoms with Gasteiger partial charge in [-0.3, -0.25) is 0 Å². The van der Waals surface area contributed by atoms with E-state index in [1.165, 1.54) is 18.4 Å². The standard InChI is InChI=1S/C14H24N2/c1-5-10(2)6-12(4)16-14-8-11(3)7-13(15)9-14/h7-10,12,16H,5-6,15H2,1-4H3. The number of nitrogens with one attached hydrogen (secondary N) is 1. The lowest BCUT2D eigenvalue weighted by atomic mass is 10.00. The number of nitrogen functional groups attached to an aromatic ring is 1. The summed E-state index contributed by atoms with van der Waals surface area (Å²) in [4.78, 5) is 0. The van der Waals surface area contributed by atoms with E-state index in [1.54, 1.807) is 0 Å². The van der Waals surface area contributed by atoms with E-state index in [-0.39, 0.29) is 0 Å². The monoisotopic (exact) mass is 220 g/mol. The quantitative estimate of drug-likeness (QED) is 0.740. The van der Waals surface area contributed by atoms with Crippen molar-refractivity contribution in [2.24, 2.45) is 5.92 Å². The van der Waals surface area contributed by atoms with Gasteiger partial charge in [0.2, 0.25) is 0 Å². The molecule has 3 N–H and O–H groups in total. The fourth-order valence-corrected chi connectivity index (χ4v) is 2.01. The van der Waals surface area contributed by atoms with Crippen LogP contribution in [0.3, 0.4) is 0 Å². The summed E-state index contributed by atoms with van der Waals surface area (Å²) in [6, 6.07) is 6.63. The second-order valence-corrected chi connectivity index (χ2v) is 4.93. The molecule has 1 aromatic carbocycles. The first-order valence-corrected chi connectivity index (χ1v) is 6.15. The van der Waals surface area contributed by atoms with Gasteiger partial charge in [-0.1, -0.05) is 20.3 Å². The van der Waals surface area contributed by atoms with Crippen molar-refractivity contribution < 1.29 is 0 Å². The molecule has 0 heterocycles. The minimum atomic E-state index is 0.496. The van der Waals surface area contributed by atoms with Crippen molar-refractivity contribution in [1.29, 1.82) is 0 Å². The minimum absolute atomic E-state index is 0.496. The molecule has 0 amide bonds.